The molecule has 3 aromatic carbocycles. The van der Waals surface area contributed by atoms with Crippen LogP contribution in [0.15, 0.2) is 72.8 Å². The van der Waals surface area contributed by atoms with E-state index in [4.69, 9.17) is 22.3 Å². The van der Waals surface area contributed by atoms with Gasteiger partial charge in [0.1, 0.15) is 0 Å². The van der Waals surface area contributed by atoms with Crippen molar-refractivity contribution in [1.82, 2.24) is 9.80 Å². The first-order valence-corrected chi connectivity index (χ1v) is 15.3. The first-order valence-electron chi connectivity index (χ1n) is 13.9. The predicted molar refractivity (Wildman–Crippen MR) is 175 cm³/mol. The van der Waals surface area contributed by atoms with E-state index < -0.39 is 16.4 Å². The molecule has 0 saturated carbocycles. The summed E-state index contributed by atoms with van der Waals surface area (Å²) in [7, 11) is 0.544. The molecule has 14 nitrogen and oxygen atoms in total. The molecule has 0 aromatic heterocycles. The second-order valence-electron chi connectivity index (χ2n) is 10.5. The van der Waals surface area contributed by atoms with Crippen molar-refractivity contribution < 1.29 is 42.1 Å². The summed E-state index contributed by atoms with van der Waals surface area (Å²) >= 11 is 0. The number of hydrogen-bond acceptors (Lipinski definition) is 9. The summed E-state index contributed by atoms with van der Waals surface area (Å²) in [6.45, 7) is 4.09. The maximum atomic E-state index is 13.2. The number of amides is 2. The molecule has 0 atom stereocenters. The van der Waals surface area contributed by atoms with Crippen LogP contribution in [0.5, 0.6) is 0 Å². The van der Waals surface area contributed by atoms with Gasteiger partial charge in [-0.05, 0) is 49.0 Å². The number of ether oxygens (including phenoxy) is 1. The van der Waals surface area contributed by atoms with E-state index >= 15 is 0 Å². The molecule has 0 bridgehead atoms. The normalized spacial score (nSPS) is 15.7. The summed E-state index contributed by atoms with van der Waals surface area (Å²) in [6, 6.07) is 22.2. The molecule has 0 spiro atoms. The van der Waals surface area contributed by atoms with Gasteiger partial charge in [0.25, 0.3) is 5.91 Å². The molecular formula is C31H37N5O9S. The summed E-state index contributed by atoms with van der Waals surface area (Å²) in [5.41, 5.74) is 5.10. The third kappa shape index (κ3) is 9.43. The molecule has 1 saturated heterocycles. The van der Waals surface area contributed by atoms with E-state index in [9.17, 15) is 14.4 Å². The summed E-state index contributed by atoms with van der Waals surface area (Å²) in [4.78, 5) is 44.3. The molecule has 5 rings (SSSR count). The number of likely N-dealkylation sites (N-methyl/N-ethyl adjacent to an activating group) is 2. The summed E-state index contributed by atoms with van der Waals surface area (Å²) in [6.07, 6.45) is 0. The number of anilines is 3. The first-order chi connectivity index (χ1) is 21.3. The summed E-state index contributed by atoms with van der Waals surface area (Å²) < 4.78 is 36.4. The van der Waals surface area contributed by atoms with Gasteiger partial charge in [0.2, 0.25) is 5.91 Å². The van der Waals surface area contributed by atoms with E-state index in [0.29, 0.717) is 34.6 Å². The highest BCUT2D eigenvalue weighted by Crippen LogP contribution is 2.38. The predicted octanol–water partition coefficient (Wildman–Crippen LogP) is 2.14. The van der Waals surface area contributed by atoms with Crippen LogP contribution in [-0.4, -0.2) is 105 Å². The van der Waals surface area contributed by atoms with Crippen LogP contribution < -0.4 is 15.5 Å². The Morgan fingerprint density at radius 3 is 2.15 bits per heavy atom. The number of nitrogens with zero attached hydrogens (tertiary/aromatic N) is 3. The molecule has 2 heterocycles. The minimum Gasteiger partial charge on any atom is -0.465 e. The van der Waals surface area contributed by atoms with Crippen molar-refractivity contribution in [2.24, 2.45) is 0 Å². The van der Waals surface area contributed by atoms with E-state index in [1.807, 2.05) is 54.6 Å². The Morgan fingerprint density at radius 1 is 0.957 bits per heavy atom. The van der Waals surface area contributed by atoms with Crippen molar-refractivity contribution in [2.75, 3.05) is 69.5 Å². The molecule has 1 fully saturated rings. The number of nitrogens with one attached hydrogen (secondary N) is 2. The van der Waals surface area contributed by atoms with Crippen LogP contribution in [0.1, 0.15) is 21.5 Å². The lowest BCUT2D eigenvalue weighted by molar-refractivity contribution is -0.119. The number of piperazine rings is 1. The van der Waals surface area contributed by atoms with Crippen LogP contribution in [0.2, 0.25) is 0 Å². The monoisotopic (exact) mass is 655 g/mol. The van der Waals surface area contributed by atoms with Gasteiger partial charge >= 0.3 is 16.4 Å². The van der Waals surface area contributed by atoms with Crippen LogP contribution in [0.4, 0.5) is 17.1 Å². The molecule has 0 aliphatic carbocycles. The summed E-state index contributed by atoms with van der Waals surface area (Å²) in [5, 5.41) is 6.31. The number of esters is 1. The Hall–Kier alpha value is -4.64. The molecular weight excluding hydrogens is 618 g/mol. The zero-order chi connectivity index (χ0) is 32.7. The minimum absolute atomic E-state index is 0. The van der Waals surface area contributed by atoms with Crippen molar-refractivity contribution >= 4 is 56.5 Å². The Balaban J connectivity index is 0.000000892. The maximum Gasteiger partial charge on any atom is 0.394 e. The van der Waals surface area contributed by atoms with Crippen molar-refractivity contribution in [3.63, 3.8) is 0 Å². The molecule has 46 heavy (non-hydrogen) atoms. The Labute approximate surface area is 267 Å². The van der Waals surface area contributed by atoms with E-state index in [1.165, 1.54) is 7.11 Å². The number of rotatable bonds is 7. The van der Waals surface area contributed by atoms with Gasteiger partial charge in [-0.3, -0.25) is 23.6 Å². The van der Waals surface area contributed by atoms with Crippen LogP contribution in [0, 0.1) is 0 Å². The first kappa shape index (κ1) is 35.8. The second kappa shape index (κ2) is 15.6. The van der Waals surface area contributed by atoms with Crippen LogP contribution in [-0.2, 0) is 24.7 Å². The quantitative estimate of drug-likeness (QED) is 0.165. The minimum atomic E-state index is -4.67. The van der Waals surface area contributed by atoms with E-state index in [0.717, 1.165) is 43.1 Å². The highest BCUT2D eigenvalue weighted by molar-refractivity contribution is 7.79. The zero-order valence-corrected chi connectivity index (χ0v) is 26.4. The van der Waals surface area contributed by atoms with Gasteiger partial charge in [0, 0.05) is 50.2 Å². The highest BCUT2D eigenvalue weighted by Gasteiger charge is 2.29. The topological polar surface area (TPSA) is 200 Å². The largest absolute Gasteiger partial charge is 0.465 e. The van der Waals surface area contributed by atoms with Gasteiger partial charge in [0.15, 0.2) is 0 Å². The molecule has 3 aromatic rings. The fourth-order valence-corrected chi connectivity index (χ4v) is 4.91. The number of carbonyl (C=O) groups is 3. The Kier molecular flexibility index (Phi) is 12.1. The average molecular weight is 656 g/mol. The van der Waals surface area contributed by atoms with Crippen molar-refractivity contribution in [3.8, 4) is 0 Å². The molecule has 2 aliphatic rings. The fourth-order valence-electron chi connectivity index (χ4n) is 4.91. The van der Waals surface area contributed by atoms with Gasteiger partial charge in [-0.15, -0.1) is 0 Å². The van der Waals surface area contributed by atoms with Crippen LogP contribution in [0.3, 0.4) is 0 Å². The van der Waals surface area contributed by atoms with Gasteiger partial charge < -0.3 is 30.6 Å². The third-order valence-electron chi connectivity index (χ3n) is 7.35. The SMILES string of the molecule is COC(=O)c1ccc2c(c1)NC(=O)/C2=C(\Nc1ccc(N(C)C(=O)CN2CCN(C)CC2)cc1)c1ccccc1.O.O=S(=O)(O)O. The molecule has 0 unspecified atom stereocenters. The number of benzene rings is 3. The van der Waals surface area contributed by atoms with Gasteiger partial charge in [-0.25, -0.2) is 4.79 Å². The van der Waals surface area contributed by atoms with Crippen molar-refractivity contribution in [2.45, 2.75) is 0 Å². The molecule has 246 valence electrons. The Bertz CT molecular complexity index is 1680. The molecule has 2 aliphatic heterocycles. The fraction of sp³-hybridized carbons (Fsp3) is 0.258. The van der Waals surface area contributed by atoms with E-state index in [-0.39, 0.29) is 17.3 Å². The third-order valence-corrected chi connectivity index (χ3v) is 7.35. The zero-order valence-electron chi connectivity index (χ0n) is 25.6. The number of hydrogen-bond donors (Lipinski definition) is 4. The number of methoxy groups -OCH3 is 1. The lowest BCUT2D eigenvalue weighted by atomic mass is 9.99. The maximum absolute atomic E-state index is 13.2. The number of carbonyl (C=O) groups excluding carboxylic acids is 3. The van der Waals surface area contributed by atoms with Crippen LogP contribution in [0.25, 0.3) is 11.3 Å². The lowest BCUT2D eigenvalue weighted by Crippen LogP contribution is -2.48. The average Bonchev–Trinajstić information content (AvgIpc) is 3.34. The molecule has 15 heteroatoms. The molecule has 6 N–H and O–H groups in total. The number of fused-ring (bicyclic) bond motifs is 1. The Morgan fingerprint density at radius 2 is 1.57 bits per heavy atom. The van der Waals surface area contributed by atoms with Gasteiger partial charge in [-0.1, -0.05) is 36.4 Å². The molecule has 0 radical (unpaired) electrons. The van der Waals surface area contributed by atoms with Crippen LogP contribution >= 0.6 is 0 Å². The van der Waals surface area contributed by atoms with Gasteiger partial charge in [0.05, 0.1) is 36.2 Å². The standard InChI is InChI=1S/C31H33N5O4.H2O4S.H2O/c1-34-15-17-36(18-16-34)20-27(37)35(2)24-12-10-23(11-13-24)32-29(21-7-5-4-6-8-21)28-25-14-9-22(31(39)40-3)19-26(25)33-30(28)38;1-5(2,3)4;/h4-14,19,32H,15-18,20H2,1-3H3,(H,33,38);(H2,1,2,3,4);1H2/b29-28-;;. The van der Waals surface area contributed by atoms with E-state index in [2.05, 4.69) is 27.5 Å². The second-order valence-corrected chi connectivity index (χ2v) is 11.4. The summed E-state index contributed by atoms with van der Waals surface area (Å²) in [5.74, 6) is -0.694. The lowest BCUT2D eigenvalue weighted by Gasteiger charge is -2.32. The van der Waals surface area contributed by atoms with Crippen molar-refractivity contribution in [1.29, 1.82) is 0 Å². The van der Waals surface area contributed by atoms with Gasteiger partial charge in [-0.2, -0.15) is 8.42 Å². The highest BCUT2D eigenvalue weighted by atomic mass is 32.3. The smallest absolute Gasteiger partial charge is 0.394 e. The molecule has 2 amide bonds. The van der Waals surface area contributed by atoms with Crippen molar-refractivity contribution in [3.05, 3.63) is 89.5 Å². The van der Waals surface area contributed by atoms with E-state index in [1.54, 1.807) is 30.1 Å².